The van der Waals surface area contributed by atoms with E-state index < -0.39 is 0 Å². The van der Waals surface area contributed by atoms with Crippen molar-refractivity contribution in [1.29, 1.82) is 0 Å². The lowest BCUT2D eigenvalue weighted by atomic mass is 10.3. The van der Waals surface area contributed by atoms with E-state index in [0.717, 1.165) is 18.8 Å². The molecule has 0 spiro atoms. The summed E-state index contributed by atoms with van der Waals surface area (Å²) in [6.07, 6.45) is 6.78. The van der Waals surface area contributed by atoms with Crippen LogP contribution in [0, 0.1) is 0 Å². The fourth-order valence-electron chi connectivity index (χ4n) is 0.960. The number of hydrogen-bond donors (Lipinski definition) is 0. The number of fused-ring (bicyclic) bond motifs is 1. The lowest BCUT2D eigenvalue weighted by Gasteiger charge is -2.03. The Hall–Kier alpha value is -1.12. The molecular weight excluding hydrogens is 114 g/mol. The maximum Gasteiger partial charge on any atom is 0.150 e. The van der Waals surface area contributed by atoms with Gasteiger partial charge in [0.25, 0.3) is 0 Å². The summed E-state index contributed by atoms with van der Waals surface area (Å²) in [5.41, 5.74) is 0. The molecule has 3 heteroatoms. The average Bonchev–Trinajstić information content (AvgIpc) is 2.33. The molecule has 2 heterocycles. The molecule has 0 unspecified atom stereocenters. The van der Waals surface area contributed by atoms with Crippen molar-refractivity contribution in [1.82, 2.24) is 14.8 Å². The standard InChI is InChI=1S/C6H7N3/c1-2-4-9-6(3-1)7-5-8-9/h1,3,5H,2,4H2. The van der Waals surface area contributed by atoms with Gasteiger partial charge in [-0.3, -0.25) is 0 Å². The normalized spacial score (nSPS) is 15.6. The molecule has 3 nitrogen and oxygen atoms in total. The van der Waals surface area contributed by atoms with E-state index in [2.05, 4.69) is 16.2 Å². The first-order chi connectivity index (χ1) is 4.47. The Morgan fingerprint density at radius 2 is 2.56 bits per heavy atom. The number of aromatic nitrogens is 3. The molecule has 0 bridgehead atoms. The third kappa shape index (κ3) is 0.650. The van der Waals surface area contributed by atoms with Crippen LogP contribution in [0.2, 0.25) is 0 Å². The van der Waals surface area contributed by atoms with Gasteiger partial charge >= 0.3 is 0 Å². The van der Waals surface area contributed by atoms with E-state index in [9.17, 15) is 0 Å². The maximum atomic E-state index is 4.02. The molecule has 1 aromatic rings. The van der Waals surface area contributed by atoms with Crippen molar-refractivity contribution in [3.05, 3.63) is 18.2 Å². The summed E-state index contributed by atoms with van der Waals surface area (Å²) < 4.78 is 1.90. The summed E-state index contributed by atoms with van der Waals surface area (Å²) in [5, 5.41) is 4.01. The van der Waals surface area contributed by atoms with Gasteiger partial charge in [-0.15, -0.1) is 0 Å². The summed E-state index contributed by atoms with van der Waals surface area (Å²) in [5.74, 6) is 0.973. The summed E-state index contributed by atoms with van der Waals surface area (Å²) in [6, 6.07) is 0. The quantitative estimate of drug-likeness (QED) is 0.505. The molecule has 0 radical (unpaired) electrons. The molecular formula is C6H7N3. The lowest BCUT2D eigenvalue weighted by molar-refractivity contribution is 0.607. The van der Waals surface area contributed by atoms with Gasteiger partial charge in [-0.2, -0.15) is 5.10 Å². The van der Waals surface area contributed by atoms with Gasteiger partial charge in [0.2, 0.25) is 0 Å². The maximum absolute atomic E-state index is 4.02. The van der Waals surface area contributed by atoms with Crippen LogP contribution in [0.5, 0.6) is 0 Å². The smallest absolute Gasteiger partial charge is 0.150 e. The van der Waals surface area contributed by atoms with Gasteiger partial charge in [0.15, 0.2) is 0 Å². The molecule has 0 fully saturated rings. The molecule has 0 saturated heterocycles. The van der Waals surface area contributed by atoms with Gasteiger partial charge in [-0.05, 0) is 12.5 Å². The van der Waals surface area contributed by atoms with Crippen molar-refractivity contribution < 1.29 is 0 Å². The summed E-state index contributed by atoms with van der Waals surface area (Å²) >= 11 is 0. The second-order valence-electron chi connectivity index (χ2n) is 2.03. The van der Waals surface area contributed by atoms with Crippen LogP contribution in [-0.4, -0.2) is 14.8 Å². The zero-order chi connectivity index (χ0) is 6.10. The fraction of sp³-hybridized carbons (Fsp3) is 0.333. The lowest BCUT2D eigenvalue weighted by Crippen LogP contribution is -2.04. The monoisotopic (exact) mass is 121 g/mol. The first kappa shape index (κ1) is 4.73. The first-order valence-corrected chi connectivity index (χ1v) is 3.01. The highest BCUT2D eigenvalue weighted by Gasteiger charge is 2.01. The minimum absolute atomic E-state index is 0.973. The van der Waals surface area contributed by atoms with E-state index >= 15 is 0 Å². The summed E-state index contributed by atoms with van der Waals surface area (Å²) in [4.78, 5) is 4.02. The Morgan fingerprint density at radius 1 is 1.56 bits per heavy atom. The summed E-state index contributed by atoms with van der Waals surface area (Å²) in [6.45, 7) is 0.978. The average molecular weight is 121 g/mol. The number of allylic oxidation sites excluding steroid dienone is 1. The van der Waals surface area contributed by atoms with Crippen LogP contribution in [-0.2, 0) is 6.54 Å². The Morgan fingerprint density at radius 3 is 3.44 bits per heavy atom. The number of rotatable bonds is 0. The van der Waals surface area contributed by atoms with E-state index in [1.54, 1.807) is 6.33 Å². The Balaban J connectivity index is 2.53. The molecule has 1 aliphatic heterocycles. The van der Waals surface area contributed by atoms with Crippen LogP contribution in [0.3, 0.4) is 0 Å². The predicted octanol–water partition coefficient (Wildman–Crippen LogP) is 0.695. The van der Waals surface area contributed by atoms with Crippen molar-refractivity contribution in [2.24, 2.45) is 0 Å². The van der Waals surface area contributed by atoms with Gasteiger partial charge in [-0.25, -0.2) is 9.67 Å². The third-order valence-electron chi connectivity index (χ3n) is 1.42. The molecule has 0 atom stereocenters. The third-order valence-corrected chi connectivity index (χ3v) is 1.42. The molecule has 0 aromatic carbocycles. The largest absolute Gasteiger partial charge is 0.246 e. The molecule has 9 heavy (non-hydrogen) atoms. The van der Waals surface area contributed by atoms with Gasteiger partial charge in [-0.1, -0.05) is 6.08 Å². The van der Waals surface area contributed by atoms with Gasteiger partial charge in [0.05, 0.1) is 0 Å². The molecule has 46 valence electrons. The van der Waals surface area contributed by atoms with E-state index in [1.807, 2.05) is 10.8 Å². The zero-order valence-corrected chi connectivity index (χ0v) is 4.99. The highest BCUT2D eigenvalue weighted by Crippen LogP contribution is 2.05. The van der Waals surface area contributed by atoms with E-state index in [1.165, 1.54) is 0 Å². The van der Waals surface area contributed by atoms with Crippen LogP contribution < -0.4 is 0 Å². The molecule has 0 N–H and O–H groups in total. The Kier molecular flexibility index (Phi) is 0.886. The van der Waals surface area contributed by atoms with Crippen molar-refractivity contribution >= 4 is 6.08 Å². The predicted molar refractivity (Wildman–Crippen MR) is 33.7 cm³/mol. The van der Waals surface area contributed by atoms with Crippen LogP contribution in [0.25, 0.3) is 6.08 Å². The Bertz CT molecular complexity index is 236. The molecule has 0 amide bonds. The second-order valence-corrected chi connectivity index (χ2v) is 2.03. The SMILES string of the molecule is C1=Cc2ncnn2CC1. The number of nitrogens with zero attached hydrogens (tertiary/aromatic N) is 3. The van der Waals surface area contributed by atoms with E-state index in [0.29, 0.717) is 0 Å². The topological polar surface area (TPSA) is 30.7 Å². The highest BCUT2D eigenvalue weighted by molar-refractivity contribution is 5.40. The van der Waals surface area contributed by atoms with Crippen LogP contribution in [0.15, 0.2) is 12.4 Å². The molecule has 2 rings (SSSR count). The van der Waals surface area contributed by atoms with Crippen LogP contribution in [0.1, 0.15) is 12.2 Å². The van der Waals surface area contributed by atoms with Crippen LogP contribution >= 0.6 is 0 Å². The Labute approximate surface area is 53.0 Å². The van der Waals surface area contributed by atoms with Gasteiger partial charge in [0.1, 0.15) is 12.2 Å². The summed E-state index contributed by atoms with van der Waals surface area (Å²) in [7, 11) is 0. The van der Waals surface area contributed by atoms with Crippen molar-refractivity contribution in [2.45, 2.75) is 13.0 Å². The molecule has 0 aliphatic carbocycles. The zero-order valence-electron chi connectivity index (χ0n) is 4.99. The van der Waals surface area contributed by atoms with Crippen LogP contribution in [0.4, 0.5) is 0 Å². The van der Waals surface area contributed by atoms with E-state index in [-0.39, 0.29) is 0 Å². The first-order valence-electron chi connectivity index (χ1n) is 3.01. The highest BCUT2D eigenvalue weighted by atomic mass is 15.3. The second kappa shape index (κ2) is 1.69. The molecule has 0 saturated carbocycles. The van der Waals surface area contributed by atoms with Gasteiger partial charge < -0.3 is 0 Å². The molecule has 1 aromatic heterocycles. The molecule has 1 aliphatic rings. The van der Waals surface area contributed by atoms with Crippen molar-refractivity contribution in [3.8, 4) is 0 Å². The van der Waals surface area contributed by atoms with Crippen molar-refractivity contribution in [2.75, 3.05) is 0 Å². The fourth-order valence-corrected chi connectivity index (χ4v) is 0.960. The minimum atomic E-state index is 0.973. The number of hydrogen-bond acceptors (Lipinski definition) is 2. The van der Waals surface area contributed by atoms with Gasteiger partial charge in [0, 0.05) is 6.54 Å². The minimum Gasteiger partial charge on any atom is -0.246 e. The van der Waals surface area contributed by atoms with E-state index in [4.69, 9.17) is 0 Å². The number of aryl methyl sites for hydroxylation is 1. The van der Waals surface area contributed by atoms with Crippen molar-refractivity contribution in [3.63, 3.8) is 0 Å².